The minimum Gasteiger partial charge on any atom is -0.419 e. The van der Waals surface area contributed by atoms with E-state index in [-0.39, 0.29) is 5.41 Å². The fraction of sp³-hybridized carbons (Fsp3) is 0.500. The van der Waals surface area contributed by atoms with Crippen molar-refractivity contribution in [3.05, 3.63) is 36.2 Å². The van der Waals surface area contributed by atoms with Crippen LogP contribution in [0.25, 0.3) is 11.5 Å². The zero-order chi connectivity index (χ0) is 15.3. The van der Waals surface area contributed by atoms with Crippen molar-refractivity contribution in [3.8, 4) is 11.5 Å². The van der Waals surface area contributed by atoms with Crippen LogP contribution in [0.15, 0.2) is 34.7 Å². The number of nitrogens with one attached hydrogen (secondary N) is 1. The Balaban J connectivity index is 1.86. The molecule has 21 heavy (non-hydrogen) atoms. The summed E-state index contributed by atoms with van der Waals surface area (Å²) in [6.45, 7) is 7.00. The van der Waals surface area contributed by atoms with Crippen LogP contribution in [0, 0.1) is 5.41 Å². The number of rotatable bonds is 7. The summed E-state index contributed by atoms with van der Waals surface area (Å²) >= 11 is 0. The second-order valence-corrected chi connectivity index (χ2v) is 6.37. The second kappa shape index (κ2) is 6.83. The molecule has 1 aromatic heterocycles. The smallest absolute Gasteiger partial charge is 0.247 e. The van der Waals surface area contributed by atoms with Crippen molar-refractivity contribution in [2.45, 2.75) is 20.4 Å². The first kappa shape index (κ1) is 15.7. The van der Waals surface area contributed by atoms with Crippen LogP contribution >= 0.6 is 0 Å². The molecule has 1 N–H and O–H groups in total. The van der Waals surface area contributed by atoms with E-state index >= 15 is 0 Å². The van der Waals surface area contributed by atoms with E-state index in [1.807, 2.05) is 30.3 Å². The largest absolute Gasteiger partial charge is 0.419 e. The summed E-state index contributed by atoms with van der Waals surface area (Å²) in [6.07, 6.45) is 0. The van der Waals surface area contributed by atoms with Crippen LogP contribution < -0.4 is 5.32 Å². The third kappa shape index (κ3) is 4.95. The molecular weight excluding hydrogens is 264 g/mol. The molecule has 0 atom stereocenters. The summed E-state index contributed by atoms with van der Waals surface area (Å²) in [7, 11) is 4.18. The minimum atomic E-state index is 0.200. The van der Waals surface area contributed by atoms with Crippen molar-refractivity contribution in [2.24, 2.45) is 5.41 Å². The van der Waals surface area contributed by atoms with Gasteiger partial charge in [0.05, 0.1) is 6.54 Å². The van der Waals surface area contributed by atoms with Crippen LogP contribution in [0.1, 0.15) is 19.7 Å². The first-order chi connectivity index (χ1) is 9.96. The summed E-state index contributed by atoms with van der Waals surface area (Å²) in [6, 6.07) is 9.81. The maximum Gasteiger partial charge on any atom is 0.247 e. The topological polar surface area (TPSA) is 54.2 Å². The van der Waals surface area contributed by atoms with Crippen LogP contribution in [0.5, 0.6) is 0 Å². The Morgan fingerprint density at radius 3 is 2.52 bits per heavy atom. The molecule has 114 valence electrons. The highest BCUT2D eigenvalue weighted by Gasteiger charge is 2.18. The normalized spacial score (nSPS) is 12.0. The predicted molar refractivity (Wildman–Crippen MR) is 83.8 cm³/mol. The average Bonchev–Trinajstić information content (AvgIpc) is 2.87. The fourth-order valence-corrected chi connectivity index (χ4v) is 2.44. The minimum absolute atomic E-state index is 0.200. The standard InChI is InChI=1S/C16H24N4O/c1-16(2,12-20(3)4)11-17-10-14-18-19-15(21-14)13-8-6-5-7-9-13/h5-9,17H,10-12H2,1-4H3. The average molecular weight is 288 g/mol. The number of hydrogen-bond acceptors (Lipinski definition) is 5. The first-order valence-electron chi connectivity index (χ1n) is 7.19. The van der Waals surface area contributed by atoms with Gasteiger partial charge < -0.3 is 14.6 Å². The molecule has 5 nitrogen and oxygen atoms in total. The van der Waals surface area contributed by atoms with Crippen molar-refractivity contribution in [2.75, 3.05) is 27.2 Å². The van der Waals surface area contributed by atoms with Gasteiger partial charge in [-0.3, -0.25) is 0 Å². The van der Waals surface area contributed by atoms with E-state index in [2.05, 4.69) is 48.4 Å². The Kier molecular flexibility index (Phi) is 5.09. The summed E-state index contributed by atoms with van der Waals surface area (Å²) in [4.78, 5) is 2.20. The molecule has 0 unspecified atom stereocenters. The molecule has 2 rings (SSSR count). The van der Waals surface area contributed by atoms with Crippen LogP contribution in [0.2, 0.25) is 0 Å². The molecule has 0 fully saturated rings. The van der Waals surface area contributed by atoms with E-state index in [4.69, 9.17) is 4.42 Å². The van der Waals surface area contributed by atoms with E-state index in [0.29, 0.717) is 18.3 Å². The third-order valence-corrected chi connectivity index (χ3v) is 3.11. The van der Waals surface area contributed by atoms with Gasteiger partial charge >= 0.3 is 0 Å². The fourth-order valence-electron chi connectivity index (χ4n) is 2.44. The van der Waals surface area contributed by atoms with E-state index in [0.717, 1.165) is 18.7 Å². The highest BCUT2D eigenvalue weighted by Crippen LogP contribution is 2.17. The van der Waals surface area contributed by atoms with Crippen molar-refractivity contribution in [3.63, 3.8) is 0 Å². The number of hydrogen-bond donors (Lipinski definition) is 1. The summed E-state index contributed by atoms with van der Waals surface area (Å²) in [5.74, 6) is 1.19. The lowest BCUT2D eigenvalue weighted by Crippen LogP contribution is -2.37. The van der Waals surface area contributed by atoms with Gasteiger partial charge in [-0.2, -0.15) is 0 Å². The Morgan fingerprint density at radius 1 is 1.14 bits per heavy atom. The highest BCUT2D eigenvalue weighted by molar-refractivity contribution is 5.51. The molecule has 5 heteroatoms. The molecule has 0 bridgehead atoms. The molecular formula is C16H24N4O. The Hall–Kier alpha value is -1.72. The van der Waals surface area contributed by atoms with Gasteiger partial charge in [-0.25, -0.2) is 0 Å². The molecule has 2 aromatic rings. The molecule has 0 amide bonds. The van der Waals surface area contributed by atoms with E-state index in [1.165, 1.54) is 0 Å². The Bertz CT molecular complexity index is 548. The zero-order valence-corrected chi connectivity index (χ0v) is 13.3. The van der Waals surface area contributed by atoms with Gasteiger partial charge in [-0.15, -0.1) is 10.2 Å². The molecule has 0 aliphatic carbocycles. The quantitative estimate of drug-likeness (QED) is 0.848. The maximum absolute atomic E-state index is 5.67. The van der Waals surface area contributed by atoms with E-state index < -0.39 is 0 Å². The Labute approximate surface area is 126 Å². The third-order valence-electron chi connectivity index (χ3n) is 3.11. The van der Waals surface area contributed by atoms with Gasteiger partial charge in [-0.05, 0) is 31.6 Å². The SMILES string of the molecule is CN(C)CC(C)(C)CNCc1nnc(-c2ccccc2)o1. The Morgan fingerprint density at radius 2 is 1.86 bits per heavy atom. The van der Waals surface area contributed by atoms with Crippen LogP contribution in [0.4, 0.5) is 0 Å². The van der Waals surface area contributed by atoms with Crippen LogP contribution in [0.3, 0.4) is 0 Å². The van der Waals surface area contributed by atoms with Crippen molar-refractivity contribution in [1.82, 2.24) is 20.4 Å². The lowest BCUT2D eigenvalue weighted by atomic mass is 9.93. The lowest BCUT2D eigenvalue weighted by Gasteiger charge is -2.28. The summed E-state index contributed by atoms with van der Waals surface area (Å²) in [5, 5.41) is 11.6. The first-order valence-corrected chi connectivity index (χ1v) is 7.19. The van der Waals surface area contributed by atoms with Crippen LogP contribution in [-0.4, -0.2) is 42.3 Å². The highest BCUT2D eigenvalue weighted by atomic mass is 16.4. The van der Waals surface area contributed by atoms with Crippen molar-refractivity contribution >= 4 is 0 Å². The molecule has 0 spiro atoms. The number of aromatic nitrogens is 2. The monoisotopic (exact) mass is 288 g/mol. The molecule has 0 saturated heterocycles. The molecule has 0 saturated carbocycles. The van der Waals surface area contributed by atoms with E-state index in [9.17, 15) is 0 Å². The molecule has 0 radical (unpaired) electrons. The van der Waals surface area contributed by atoms with Gasteiger partial charge in [0.1, 0.15) is 0 Å². The molecule has 1 aromatic carbocycles. The predicted octanol–water partition coefficient (Wildman–Crippen LogP) is 2.41. The van der Waals surface area contributed by atoms with E-state index in [1.54, 1.807) is 0 Å². The summed E-state index contributed by atoms with van der Waals surface area (Å²) < 4.78 is 5.67. The van der Waals surface area contributed by atoms with Gasteiger partial charge in [0.25, 0.3) is 0 Å². The van der Waals surface area contributed by atoms with Crippen LogP contribution in [-0.2, 0) is 6.54 Å². The number of nitrogens with zero attached hydrogens (tertiary/aromatic N) is 3. The van der Waals surface area contributed by atoms with Gasteiger partial charge in [0, 0.05) is 18.7 Å². The van der Waals surface area contributed by atoms with Gasteiger partial charge in [0.2, 0.25) is 11.8 Å². The molecule has 0 aliphatic heterocycles. The number of benzene rings is 1. The van der Waals surface area contributed by atoms with Crippen molar-refractivity contribution in [1.29, 1.82) is 0 Å². The zero-order valence-electron chi connectivity index (χ0n) is 13.3. The summed E-state index contributed by atoms with van der Waals surface area (Å²) in [5.41, 5.74) is 1.15. The molecule has 0 aliphatic rings. The van der Waals surface area contributed by atoms with Gasteiger partial charge in [0.15, 0.2) is 0 Å². The second-order valence-electron chi connectivity index (χ2n) is 6.37. The maximum atomic E-state index is 5.67. The van der Waals surface area contributed by atoms with Gasteiger partial charge in [-0.1, -0.05) is 32.0 Å². The molecule has 1 heterocycles. The lowest BCUT2D eigenvalue weighted by molar-refractivity contribution is 0.230. The van der Waals surface area contributed by atoms with Crippen molar-refractivity contribution < 1.29 is 4.42 Å².